The smallest absolute Gasteiger partial charge is 0.118 e. The number of benzene rings is 1. The van der Waals surface area contributed by atoms with Crippen molar-refractivity contribution in [2.75, 3.05) is 7.11 Å². The molecule has 0 aromatic heterocycles. The third kappa shape index (κ3) is 2.51. The van der Waals surface area contributed by atoms with E-state index in [-0.39, 0.29) is 0 Å². The maximum absolute atomic E-state index is 5.13. The van der Waals surface area contributed by atoms with Crippen molar-refractivity contribution >= 4 is 0 Å². The summed E-state index contributed by atoms with van der Waals surface area (Å²) < 4.78 is 5.13. The zero-order valence-corrected chi connectivity index (χ0v) is 9.55. The molecule has 1 aliphatic carbocycles. The second-order valence-corrected chi connectivity index (χ2v) is 4.62. The van der Waals surface area contributed by atoms with Gasteiger partial charge in [0.05, 0.1) is 7.11 Å². The SMILES string of the molecule is COc1ccc(CNC2(C)CCC2)cc1. The van der Waals surface area contributed by atoms with E-state index in [1.807, 2.05) is 12.1 Å². The zero-order valence-electron chi connectivity index (χ0n) is 9.55. The molecule has 0 atom stereocenters. The average Bonchev–Trinajstić information content (AvgIpc) is 2.24. The Bertz CT molecular complexity index is 314. The molecule has 0 amide bonds. The average molecular weight is 205 g/mol. The minimum absolute atomic E-state index is 0.389. The summed E-state index contributed by atoms with van der Waals surface area (Å²) in [5.41, 5.74) is 1.71. The van der Waals surface area contributed by atoms with Gasteiger partial charge in [-0.15, -0.1) is 0 Å². The van der Waals surface area contributed by atoms with Gasteiger partial charge < -0.3 is 10.1 Å². The van der Waals surface area contributed by atoms with Gasteiger partial charge in [0.1, 0.15) is 5.75 Å². The van der Waals surface area contributed by atoms with Crippen LogP contribution in [0.1, 0.15) is 31.7 Å². The van der Waals surface area contributed by atoms with Crippen LogP contribution in [0, 0.1) is 0 Å². The number of rotatable bonds is 4. The molecule has 0 radical (unpaired) electrons. The largest absolute Gasteiger partial charge is 0.497 e. The van der Waals surface area contributed by atoms with Crippen molar-refractivity contribution in [2.24, 2.45) is 0 Å². The Labute approximate surface area is 91.6 Å². The van der Waals surface area contributed by atoms with Gasteiger partial charge in [0.25, 0.3) is 0 Å². The van der Waals surface area contributed by atoms with Crippen molar-refractivity contribution in [1.29, 1.82) is 0 Å². The number of nitrogens with one attached hydrogen (secondary N) is 1. The van der Waals surface area contributed by atoms with Crippen LogP contribution >= 0.6 is 0 Å². The molecule has 15 heavy (non-hydrogen) atoms. The van der Waals surface area contributed by atoms with E-state index in [1.54, 1.807) is 7.11 Å². The molecule has 0 heterocycles. The number of methoxy groups -OCH3 is 1. The molecule has 0 bridgehead atoms. The van der Waals surface area contributed by atoms with Crippen molar-refractivity contribution in [2.45, 2.75) is 38.3 Å². The van der Waals surface area contributed by atoms with Crippen LogP contribution in [0.2, 0.25) is 0 Å². The van der Waals surface area contributed by atoms with Crippen molar-refractivity contribution in [3.05, 3.63) is 29.8 Å². The van der Waals surface area contributed by atoms with Crippen LogP contribution in [0.15, 0.2) is 24.3 Å². The van der Waals surface area contributed by atoms with Crippen molar-refractivity contribution in [3.63, 3.8) is 0 Å². The summed E-state index contributed by atoms with van der Waals surface area (Å²) in [6.07, 6.45) is 3.98. The lowest BCUT2D eigenvalue weighted by atomic mass is 9.78. The summed E-state index contributed by atoms with van der Waals surface area (Å²) in [6, 6.07) is 8.27. The first-order valence-corrected chi connectivity index (χ1v) is 5.60. The monoisotopic (exact) mass is 205 g/mol. The Morgan fingerprint density at radius 3 is 2.40 bits per heavy atom. The Morgan fingerprint density at radius 2 is 1.93 bits per heavy atom. The molecule has 1 aromatic rings. The summed E-state index contributed by atoms with van der Waals surface area (Å²) in [6.45, 7) is 3.26. The normalized spacial score (nSPS) is 18.3. The quantitative estimate of drug-likeness (QED) is 0.816. The van der Waals surface area contributed by atoms with Gasteiger partial charge in [0.2, 0.25) is 0 Å². The fourth-order valence-electron chi connectivity index (χ4n) is 1.94. The first kappa shape index (κ1) is 10.5. The summed E-state index contributed by atoms with van der Waals surface area (Å²) in [4.78, 5) is 0. The highest BCUT2D eigenvalue weighted by molar-refractivity contribution is 5.27. The Morgan fingerprint density at radius 1 is 1.27 bits per heavy atom. The lowest BCUT2D eigenvalue weighted by Gasteiger charge is -2.39. The maximum Gasteiger partial charge on any atom is 0.118 e. The van der Waals surface area contributed by atoms with Crippen molar-refractivity contribution in [3.8, 4) is 5.75 Å². The number of hydrogen-bond donors (Lipinski definition) is 1. The third-order valence-electron chi connectivity index (χ3n) is 3.34. The van der Waals surface area contributed by atoms with E-state index >= 15 is 0 Å². The molecule has 1 aliphatic rings. The van der Waals surface area contributed by atoms with Crippen LogP contribution in [0.5, 0.6) is 5.75 Å². The van der Waals surface area contributed by atoms with Gasteiger partial charge in [-0.25, -0.2) is 0 Å². The minimum Gasteiger partial charge on any atom is -0.497 e. The van der Waals surface area contributed by atoms with Crippen LogP contribution in [0.4, 0.5) is 0 Å². The standard InChI is InChI=1S/C13H19NO/c1-13(8-3-9-13)14-10-11-4-6-12(15-2)7-5-11/h4-7,14H,3,8-10H2,1-2H3. The molecule has 0 aliphatic heterocycles. The highest BCUT2D eigenvalue weighted by atomic mass is 16.5. The molecule has 2 nitrogen and oxygen atoms in total. The van der Waals surface area contributed by atoms with Crippen molar-refractivity contribution < 1.29 is 4.74 Å². The topological polar surface area (TPSA) is 21.3 Å². The molecule has 0 spiro atoms. The van der Waals surface area contributed by atoms with Crippen LogP contribution < -0.4 is 10.1 Å². The molecule has 0 saturated heterocycles. The van der Waals surface area contributed by atoms with E-state index in [4.69, 9.17) is 4.74 Å². The summed E-state index contributed by atoms with van der Waals surface area (Å²) in [5.74, 6) is 0.925. The van der Waals surface area contributed by atoms with Crippen LogP contribution in [-0.2, 0) is 6.54 Å². The van der Waals surface area contributed by atoms with Crippen LogP contribution in [-0.4, -0.2) is 12.6 Å². The molecule has 82 valence electrons. The maximum atomic E-state index is 5.13. The summed E-state index contributed by atoms with van der Waals surface area (Å²) in [7, 11) is 1.70. The van der Waals surface area contributed by atoms with Gasteiger partial charge >= 0.3 is 0 Å². The van der Waals surface area contributed by atoms with E-state index in [9.17, 15) is 0 Å². The van der Waals surface area contributed by atoms with Gasteiger partial charge in [-0.2, -0.15) is 0 Å². The molecule has 0 unspecified atom stereocenters. The predicted octanol–water partition coefficient (Wildman–Crippen LogP) is 2.73. The van der Waals surface area contributed by atoms with Gasteiger partial charge in [-0.3, -0.25) is 0 Å². The number of hydrogen-bond acceptors (Lipinski definition) is 2. The zero-order chi connectivity index (χ0) is 10.7. The van der Waals surface area contributed by atoms with E-state index < -0.39 is 0 Å². The molecular formula is C13H19NO. The Balaban J connectivity index is 1.87. The van der Waals surface area contributed by atoms with Crippen LogP contribution in [0.25, 0.3) is 0 Å². The first-order chi connectivity index (χ1) is 7.22. The highest BCUT2D eigenvalue weighted by Gasteiger charge is 2.30. The van der Waals surface area contributed by atoms with Gasteiger partial charge in [0, 0.05) is 12.1 Å². The molecule has 1 aromatic carbocycles. The summed E-state index contributed by atoms with van der Waals surface area (Å²) >= 11 is 0. The Kier molecular flexibility index (Phi) is 2.96. The molecule has 1 saturated carbocycles. The fourth-order valence-corrected chi connectivity index (χ4v) is 1.94. The highest BCUT2D eigenvalue weighted by Crippen LogP contribution is 2.31. The van der Waals surface area contributed by atoms with Gasteiger partial charge in [-0.05, 0) is 43.9 Å². The first-order valence-electron chi connectivity index (χ1n) is 5.60. The molecular weight excluding hydrogens is 186 g/mol. The van der Waals surface area contributed by atoms with Gasteiger partial charge in [-0.1, -0.05) is 12.1 Å². The van der Waals surface area contributed by atoms with E-state index in [0.717, 1.165) is 12.3 Å². The molecule has 2 heteroatoms. The lowest BCUT2D eigenvalue weighted by Crippen LogP contribution is -2.47. The fraction of sp³-hybridized carbons (Fsp3) is 0.538. The molecule has 1 N–H and O–H groups in total. The van der Waals surface area contributed by atoms with Crippen molar-refractivity contribution in [1.82, 2.24) is 5.32 Å². The lowest BCUT2D eigenvalue weighted by molar-refractivity contribution is 0.207. The minimum atomic E-state index is 0.389. The van der Waals surface area contributed by atoms with E-state index in [1.165, 1.54) is 24.8 Å². The summed E-state index contributed by atoms with van der Waals surface area (Å²) in [5, 5.41) is 3.61. The second-order valence-electron chi connectivity index (χ2n) is 4.62. The molecule has 1 fully saturated rings. The Hall–Kier alpha value is -1.02. The van der Waals surface area contributed by atoms with Gasteiger partial charge in [0.15, 0.2) is 0 Å². The second kappa shape index (κ2) is 4.23. The van der Waals surface area contributed by atoms with E-state index in [2.05, 4.69) is 24.4 Å². The van der Waals surface area contributed by atoms with E-state index in [0.29, 0.717) is 5.54 Å². The third-order valence-corrected chi connectivity index (χ3v) is 3.34. The number of ether oxygens (including phenoxy) is 1. The predicted molar refractivity (Wildman–Crippen MR) is 62.1 cm³/mol. The molecule has 2 rings (SSSR count). The van der Waals surface area contributed by atoms with Crippen LogP contribution in [0.3, 0.4) is 0 Å².